The zero-order valence-electron chi connectivity index (χ0n) is 17.6. The van der Waals surface area contributed by atoms with E-state index in [2.05, 4.69) is 36.1 Å². The van der Waals surface area contributed by atoms with Crippen molar-refractivity contribution < 1.29 is 13.9 Å². The number of halogens is 2. The van der Waals surface area contributed by atoms with Gasteiger partial charge in [0.1, 0.15) is 16.5 Å². The molecule has 7 nitrogen and oxygen atoms in total. The average molecular weight is 520 g/mol. The van der Waals surface area contributed by atoms with Gasteiger partial charge in [-0.15, -0.1) is 21.5 Å². The van der Waals surface area contributed by atoms with E-state index in [9.17, 15) is 9.18 Å². The lowest BCUT2D eigenvalue weighted by atomic mass is 9.66. The van der Waals surface area contributed by atoms with E-state index in [0.29, 0.717) is 23.8 Å². The molecule has 10 heteroatoms. The molecule has 0 aliphatic heterocycles. The van der Waals surface area contributed by atoms with E-state index in [1.165, 1.54) is 22.3 Å². The molecule has 4 rings (SSSR count). The zero-order chi connectivity index (χ0) is 22.6. The molecule has 0 spiro atoms. The predicted octanol–water partition coefficient (Wildman–Crippen LogP) is 5.76. The quantitative estimate of drug-likeness (QED) is 0.351. The molecule has 0 atom stereocenters. The number of rotatable bonds is 8. The summed E-state index contributed by atoms with van der Waals surface area (Å²) in [6.07, 6.45) is 6.87. The Morgan fingerprint density at radius 1 is 1.28 bits per heavy atom. The summed E-state index contributed by atoms with van der Waals surface area (Å²) in [4.78, 5) is 23.1. The summed E-state index contributed by atoms with van der Waals surface area (Å²) in [6, 6.07) is 6.48. The van der Waals surface area contributed by atoms with Crippen LogP contribution in [-0.2, 0) is 10.2 Å². The van der Waals surface area contributed by atoms with Crippen molar-refractivity contribution in [2.24, 2.45) is 0 Å². The molecule has 0 N–H and O–H groups in total. The van der Waals surface area contributed by atoms with Gasteiger partial charge in [0, 0.05) is 18.2 Å². The molecule has 168 valence electrons. The highest BCUT2D eigenvalue weighted by atomic mass is 79.9. The average Bonchev–Trinajstić information content (AvgIpc) is 3.21. The van der Waals surface area contributed by atoms with Crippen molar-refractivity contribution in [2.45, 2.75) is 44.4 Å². The Hall–Kier alpha value is -2.46. The summed E-state index contributed by atoms with van der Waals surface area (Å²) < 4.78 is 21.0. The number of nitrogens with zero attached hydrogens (tertiary/aromatic N) is 5. The van der Waals surface area contributed by atoms with Crippen LogP contribution in [0.5, 0.6) is 0 Å². The molecule has 0 unspecified atom stereocenters. The third-order valence-electron chi connectivity index (χ3n) is 5.60. The van der Waals surface area contributed by atoms with Gasteiger partial charge in [-0.3, -0.25) is 9.88 Å². The third-order valence-corrected chi connectivity index (χ3v) is 7.10. The standard InChI is InChI=1S/C22H23BrFN5O2S/c1-2-3-12-31-21(30)29(14-22(9-5-10-22)19-15(24)6-4-11-25-19)18-8-7-16(27-28-18)20-26-13-17(23)32-20/h4,6-8,11,13H,2-3,5,9-10,12,14H2,1H3. The van der Waals surface area contributed by atoms with Gasteiger partial charge in [-0.05, 0) is 59.5 Å². The number of pyridine rings is 1. The highest BCUT2D eigenvalue weighted by molar-refractivity contribution is 9.11. The maximum atomic E-state index is 14.6. The van der Waals surface area contributed by atoms with Gasteiger partial charge < -0.3 is 4.74 Å². The summed E-state index contributed by atoms with van der Waals surface area (Å²) in [5.41, 5.74) is 0.419. The molecule has 0 radical (unpaired) electrons. The van der Waals surface area contributed by atoms with Crippen LogP contribution >= 0.6 is 27.3 Å². The van der Waals surface area contributed by atoms with E-state index in [1.807, 2.05) is 6.92 Å². The van der Waals surface area contributed by atoms with Crippen molar-refractivity contribution in [3.05, 3.63) is 52.0 Å². The number of amides is 1. The molecule has 3 aromatic rings. The van der Waals surface area contributed by atoms with Crippen molar-refractivity contribution in [3.63, 3.8) is 0 Å². The fraction of sp³-hybridized carbons (Fsp3) is 0.409. The molecular weight excluding hydrogens is 497 g/mol. The first kappa shape index (κ1) is 22.7. The Morgan fingerprint density at radius 2 is 2.12 bits per heavy atom. The SMILES string of the molecule is CCCCOC(=O)N(CC1(c2ncccc2F)CCC1)c1ccc(-c2ncc(Br)s2)nn1. The Bertz CT molecular complexity index is 1070. The fourth-order valence-corrected chi connectivity index (χ4v) is 4.90. The minimum Gasteiger partial charge on any atom is -0.449 e. The first-order valence-electron chi connectivity index (χ1n) is 10.5. The van der Waals surface area contributed by atoms with Crippen molar-refractivity contribution in [3.8, 4) is 10.7 Å². The molecule has 0 aromatic carbocycles. The van der Waals surface area contributed by atoms with Gasteiger partial charge in [0.15, 0.2) is 5.82 Å². The normalized spacial score (nSPS) is 14.6. The number of hydrogen-bond donors (Lipinski definition) is 0. The second-order valence-electron chi connectivity index (χ2n) is 7.77. The number of ether oxygens (including phenoxy) is 1. The predicted molar refractivity (Wildman–Crippen MR) is 124 cm³/mol. The van der Waals surface area contributed by atoms with Crippen LogP contribution in [0.4, 0.5) is 15.0 Å². The Morgan fingerprint density at radius 3 is 2.72 bits per heavy atom. The molecule has 32 heavy (non-hydrogen) atoms. The van der Waals surface area contributed by atoms with E-state index in [-0.39, 0.29) is 12.4 Å². The summed E-state index contributed by atoms with van der Waals surface area (Å²) >= 11 is 4.84. The lowest BCUT2D eigenvalue weighted by molar-refractivity contribution is 0.145. The minimum atomic E-state index is -0.574. The van der Waals surface area contributed by atoms with Crippen molar-refractivity contribution in [1.82, 2.24) is 20.2 Å². The Balaban J connectivity index is 1.63. The lowest BCUT2D eigenvalue weighted by Gasteiger charge is -2.43. The van der Waals surface area contributed by atoms with Gasteiger partial charge in [0.2, 0.25) is 0 Å². The van der Waals surface area contributed by atoms with Gasteiger partial charge in [-0.2, -0.15) is 0 Å². The van der Waals surface area contributed by atoms with Crippen LogP contribution in [0.25, 0.3) is 10.7 Å². The van der Waals surface area contributed by atoms with E-state index >= 15 is 0 Å². The molecule has 1 saturated carbocycles. The number of hydrogen-bond acceptors (Lipinski definition) is 7. The minimum absolute atomic E-state index is 0.225. The van der Waals surface area contributed by atoms with E-state index in [4.69, 9.17) is 4.74 Å². The maximum Gasteiger partial charge on any atom is 0.415 e. The summed E-state index contributed by atoms with van der Waals surface area (Å²) in [7, 11) is 0. The molecule has 1 amide bonds. The first-order valence-corrected chi connectivity index (χ1v) is 12.1. The van der Waals surface area contributed by atoms with Crippen LogP contribution < -0.4 is 4.90 Å². The van der Waals surface area contributed by atoms with E-state index < -0.39 is 11.5 Å². The van der Waals surface area contributed by atoms with Crippen LogP contribution in [0.2, 0.25) is 0 Å². The maximum absolute atomic E-state index is 14.6. The van der Waals surface area contributed by atoms with Crippen LogP contribution in [0.15, 0.2) is 40.4 Å². The number of carbonyl (C=O) groups is 1. The summed E-state index contributed by atoms with van der Waals surface area (Å²) in [5, 5.41) is 9.27. The molecule has 3 heterocycles. The van der Waals surface area contributed by atoms with Crippen LogP contribution in [-0.4, -0.2) is 39.4 Å². The molecular formula is C22H23BrFN5O2S. The number of aromatic nitrogens is 4. The monoisotopic (exact) mass is 519 g/mol. The van der Waals surface area contributed by atoms with Gasteiger partial charge in [-0.1, -0.05) is 19.8 Å². The third kappa shape index (κ3) is 4.80. The second-order valence-corrected chi connectivity index (χ2v) is 10.2. The number of anilines is 1. The zero-order valence-corrected chi connectivity index (χ0v) is 20.0. The van der Waals surface area contributed by atoms with E-state index in [0.717, 1.165) is 40.9 Å². The van der Waals surface area contributed by atoms with Crippen LogP contribution in [0.3, 0.4) is 0 Å². The van der Waals surface area contributed by atoms with Gasteiger partial charge in [-0.25, -0.2) is 14.2 Å². The molecule has 3 aromatic heterocycles. The summed E-state index contributed by atoms with van der Waals surface area (Å²) in [6.45, 7) is 2.57. The number of unbranched alkanes of at least 4 members (excludes halogenated alkanes) is 1. The van der Waals surface area contributed by atoms with Crippen LogP contribution in [0.1, 0.15) is 44.7 Å². The number of thiazole rings is 1. The van der Waals surface area contributed by atoms with Gasteiger partial charge in [0.05, 0.1) is 22.3 Å². The van der Waals surface area contributed by atoms with Crippen molar-refractivity contribution >= 4 is 39.2 Å². The van der Waals surface area contributed by atoms with Gasteiger partial charge >= 0.3 is 6.09 Å². The number of carbonyl (C=O) groups excluding carboxylic acids is 1. The highest BCUT2D eigenvalue weighted by Crippen LogP contribution is 2.45. The lowest BCUT2D eigenvalue weighted by Crippen LogP contribution is -2.49. The molecule has 1 aliphatic rings. The first-order chi connectivity index (χ1) is 15.5. The largest absolute Gasteiger partial charge is 0.449 e. The summed E-state index contributed by atoms with van der Waals surface area (Å²) in [5.74, 6) is -0.00392. The molecule has 0 bridgehead atoms. The highest BCUT2D eigenvalue weighted by Gasteiger charge is 2.45. The smallest absolute Gasteiger partial charge is 0.415 e. The molecule has 1 aliphatic carbocycles. The van der Waals surface area contributed by atoms with Crippen molar-refractivity contribution in [1.29, 1.82) is 0 Å². The van der Waals surface area contributed by atoms with Crippen LogP contribution in [0, 0.1) is 5.82 Å². The topological polar surface area (TPSA) is 81.1 Å². The molecule has 1 fully saturated rings. The van der Waals surface area contributed by atoms with E-state index in [1.54, 1.807) is 30.6 Å². The Kier molecular flexibility index (Phi) is 7.10. The fourth-order valence-electron chi connectivity index (χ4n) is 3.73. The Labute approximate surface area is 198 Å². The van der Waals surface area contributed by atoms with Crippen molar-refractivity contribution in [2.75, 3.05) is 18.1 Å². The molecule has 0 saturated heterocycles. The second kappa shape index (κ2) is 9.99. The van der Waals surface area contributed by atoms with Gasteiger partial charge in [0.25, 0.3) is 0 Å².